The molecule has 6 heteroatoms. The summed E-state index contributed by atoms with van der Waals surface area (Å²) in [5, 5.41) is 6.70. The Hall–Kier alpha value is -2.50. The first-order valence-corrected chi connectivity index (χ1v) is 5.89. The van der Waals surface area contributed by atoms with E-state index < -0.39 is 0 Å². The average molecular weight is 258 g/mol. The molecule has 19 heavy (non-hydrogen) atoms. The summed E-state index contributed by atoms with van der Waals surface area (Å²) in [6, 6.07) is 6.10. The van der Waals surface area contributed by atoms with E-state index in [0.717, 1.165) is 0 Å². The number of hydrogen-bond donors (Lipinski definition) is 1. The molecule has 0 aliphatic heterocycles. The van der Waals surface area contributed by atoms with E-state index in [1.165, 1.54) is 23.0 Å². The molecule has 0 spiro atoms. The molecular formula is C13H14N4O2. The zero-order valence-electron chi connectivity index (χ0n) is 10.7. The van der Waals surface area contributed by atoms with Gasteiger partial charge in [-0.05, 0) is 32.0 Å². The number of aromatic nitrogens is 3. The van der Waals surface area contributed by atoms with Gasteiger partial charge in [0, 0.05) is 12.3 Å². The van der Waals surface area contributed by atoms with Crippen LogP contribution in [0.4, 0.5) is 5.69 Å². The number of rotatable bonds is 3. The Kier molecular flexibility index (Phi) is 3.70. The number of pyridine rings is 1. The van der Waals surface area contributed by atoms with Crippen LogP contribution in [-0.2, 0) is 0 Å². The number of nitrogens with zero attached hydrogens (tertiary/aromatic N) is 3. The number of carbonyl (C=O) groups excluding carboxylic acids is 1. The first-order chi connectivity index (χ1) is 9.08. The molecule has 0 fully saturated rings. The van der Waals surface area contributed by atoms with Crippen molar-refractivity contribution in [2.45, 2.75) is 19.9 Å². The van der Waals surface area contributed by atoms with Gasteiger partial charge in [-0.25, -0.2) is 4.68 Å². The molecule has 0 radical (unpaired) electrons. The van der Waals surface area contributed by atoms with Crippen molar-refractivity contribution in [2.24, 2.45) is 0 Å². The highest BCUT2D eigenvalue weighted by Gasteiger charge is 2.11. The molecule has 0 atom stereocenters. The molecule has 0 saturated heterocycles. The van der Waals surface area contributed by atoms with E-state index >= 15 is 0 Å². The molecule has 98 valence electrons. The lowest BCUT2D eigenvalue weighted by molar-refractivity contribution is 0.101. The zero-order valence-corrected chi connectivity index (χ0v) is 10.7. The van der Waals surface area contributed by atoms with Gasteiger partial charge >= 0.3 is 0 Å². The van der Waals surface area contributed by atoms with Crippen molar-refractivity contribution in [3.8, 4) is 0 Å². The minimum Gasteiger partial charge on any atom is -0.319 e. The van der Waals surface area contributed by atoms with Crippen LogP contribution in [0.25, 0.3) is 0 Å². The van der Waals surface area contributed by atoms with Crippen LogP contribution >= 0.6 is 0 Å². The molecule has 0 saturated carbocycles. The van der Waals surface area contributed by atoms with Gasteiger partial charge in [-0.1, -0.05) is 0 Å². The maximum absolute atomic E-state index is 12.0. The lowest BCUT2D eigenvalue weighted by Gasteiger charge is -2.09. The molecule has 1 amide bonds. The first kappa shape index (κ1) is 12.9. The van der Waals surface area contributed by atoms with E-state index in [2.05, 4.69) is 15.4 Å². The third-order valence-electron chi connectivity index (χ3n) is 2.47. The second-order valence-corrected chi connectivity index (χ2v) is 4.29. The molecule has 0 unspecified atom stereocenters. The van der Waals surface area contributed by atoms with Gasteiger partial charge in [0.1, 0.15) is 5.69 Å². The molecular weight excluding hydrogens is 244 g/mol. The van der Waals surface area contributed by atoms with Crippen molar-refractivity contribution in [3.63, 3.8) is 0 Å². The van der Waals surface area contributed by atoms with Crippen LogP contribution in [0.3, 0.4) is 0 Å². The van der Waals surface area contributed by atoms with Crippen LogP contribution in [0, 0.1) is 0 Å². The van der Waals surface area contributed by atoms with Crippen LogP contribution in [-0.4, -0.2) is 20.7 Å². The highest BCUT2D eigenvalue weighted by Crippen LogP contribution is 2.05. The van der Waals surface area contributed by atoms with Crippen molar-refractivity contribution in [3.05, 3.63) is 52.7 Å². The fourth-order valence-corrected chi connectivity index (χ4v) is 1.55. The van der Waals surface area contributed by atoms with Gasteiger partial charge in [0.25, 0.3) is 11.5 Å². The standard InChI is InChI=1S/C13H14N4O2/c1-9(2)17-12(18)6-5-11(16-17)13(19)15-10-4-3-7-14-8-10/h3-9H,1-2H3,(H,15,19). The Bertz CT molecular complexity index is 635. The van der Waals surface area contributed by atoms with Gasteiger partial charge in [-0.3, -0.25) is 14.6 Å². The number of amides is 1. The maximum atomic E-state index is 12.0. The molecule has 1 N–H and O–H groups in total. The maximum Gasteiger partial charge on any atom is 0.276 e. The lowest BCUT2D eigenvalue weighted by atomic mass is 10.3. The van der Waals surface area contributed by atoms with Gasteiger partial charge in [0.05, 0.1) is 17.9 Å². The van der Waals surface area contributed by atoms with Crippen LogP contribution < -0.4 is 10.9 Å². The Balaban J connectivity index is 2.25. The quantitative estimate of drug-likeness (QED) is 0.904. The summed E-state index contributed by atoms with van der Waals surface area (Å²) in [6.07, 6.45) is 3.16. The third-order valence-corrected chi connectivity index (χ3v) is 2.47. The summed E-state index contributed by atoms with van der Waals surface area (Å²) < 4.78 is 1.28. The molecule has 0 aliphatic rings. The number of nitrogens with one attached hydrogen (secondary N) is 1. The van der Waals surface area contributed by atoms with Crippen molar-refractivity contribution < 1.29 is 4.79 Å². The third kappa shape index (κ3) is 3.04. The summed E-state index contributed by atoms with van der Waals surface area (Å²) >= 11 is 0. The van der Waals surface area contributed by atoms with Crippen molar-refractivity contribution >= 4 is 11.6 Å². The Morgan fingerprint density at radius 2 is 2.11 bits per heavy atom. The average Bonchev–Trinajstić information content (AvgIpc) is 2.40. The van der Waals surface area contributed by atoms with E-state index in [1.807, 2.05) is 13.8 Å². The molecule has 0 aromatic carbocycles. The number of carbonyl (C=O) groups is 1. The molecule has 0 aliphatic carbocycles. The zero-order chi connectivity index (χ0) is 13.8. The van der Waals surface area contributed by atoms with Gasteiger partial charge in [0.15, 0.2) is 0 Å². The van der Waals surface area contributed by atoms with E-state index in [9.17, 15) is 9.59 Å². The predicted molar refractivity (Wildman–Crippen MR) is 71.1 cm³/mol. The fourth-order valence-electron chi connectivity index (χ4n) is 1.55. The van der Waals surface area contributed by atoms with Gasteiger partial charge in [-0.15, -0.1) is 0 Å². The van der Waals surface area contributed by atoms with E-state index in [-0.39, 0.29) is 23.2 Å². The van der Waals surface area contributed by atoms with E-state index in [4.69, 9.17) is 0 Å². The Morgan fingerprint density at radius 3 is 2.74 bits per heavy atom. The fraction of sp³-hybridized carbons (Fsp3) is 0.231. The summed E-state index contributed by atoms with van der Waals surface area (Å²) in [7, 11) is 0. The van der Waals surface area contributed by atoms with E-state index in [1.54, 1.807) is 18.3 Å². The molecule has 0 bridgehead atoms. The van der Waals surface area contributed by atoms with E-state index in [0.29, 0.717) is 5.69 Å². The largest absolute Gasteiger partial charge is 0.319 e. The second-order valence-electron chi connectivity index (χ2n) is 4.29. The van der Waals surface area contributed by atoms with Gasteiger partial charge < -0.3 is 5.32 Å². The Morgan fingerprint density at radius 1 is 1.32 bits per heavy atom. The molecule has 6 nitrogen and oxygen atoms in total. The second kappa shape index (κ2) is 5.43. The summed E-state index contributed by atoms with van der Waals surface area (Å²) in [5.74, 6) is -0.373. The van der Waals surface area contributed by atoms with Gasteiger partial charge in [0.2, 0.25) is 0 Å². The molecule has 2 aromatic rings. The van der Waals surface area contributed by atoms with Crippen LogP contribution in [0.15, 0.2) is 41.5 Å². The number of hydrogen-bond acceptors (Lipinski definition) is 4. The van der Waals surface area contributed by atoms with Crippen LogP contribution in [0.5, 0.6) is 0 Å². The lowest BCUT2D eigenvalue weighted by Crippen LogP contribution is -2.27. The first-order valence-electron chi connectivity index (χ1n) is 5.89. The number of anilines is 1. The molecule has 2 heterocycles. The van der Waals surface area contributed by atoms with Crippen LogP contribution in [0.2, 0.25) is 0 Å². The normalized spacial score (nSPS) is 10.5. The van der Waals surface area contributed by atoms with Gasteiger partial charge in [-0.2, -0.15) is 5.10 Å². The minimum absolute atomic E-state index is 0.0985. The highest BCUT2D eigenvalue weighted by atomic mass is 16.2. The minimum atomic E-state index is -0.373. The summed E-state index contributed by atoms with van der Waals surface area (Å²) in [6.45, 7) is 3.66. The molecule has 2 rings (SSSR count). The monoisotopic (exact) mass is 258 g/mol. The Labute approximate surface area is 110 Å². The predicted octanol–water partition coefficient (Wildman–Crippen LogP) is 1.47. The SMILES string of the molecule is CC(C)n1nc(C(=O)Nc2cccnc2)ccc1=O. The topological polar surface area (TPSA) is 76.9 Å². The van der Waals surface area contributed by atoms with Crippen molar-refractivity contribution in [2.75, 3.05) is 5.32 Å². The summed E-state index contributed by atoms with van der Waals surface area (Å²) in [4.78, 5) is 27.4. The smallest absolute Gasteiger partial charge is 0.276 e. The van der Waals surface area contributed by atoms with Crippen molar-refractivity contribution in [1.82, 2.24) is 14.8 Å². The van der Waals surface area contributed by atoms with Crippen molar-refractivity contribution in [1.29, 1.82) is 0 Å². The highest BCUT2D eigenvalue weighted by molar-refractivity contribution is 6.02. The van der Waals surface area contributed by atoms with Crippen LogP contribution in [0.1, 0.15) is 30.4 Å². The molecule has 2 aromatic heterocycles. The summed E-state index contributed by atoms with van der Waals surface area (Å²) in [5.41, 5.74) is 0.543.